The molecule has 1 atom stereocenters. The van der Waals surface area contributed by atoms with Crippen molar-refractivity contribution in [2.24, 2.45) is 0 Å². The van der Waals surface area contributed by atoms with Gasteiger partial charge in [-0.1, -0.05) is 6.92 Å². The number of carbonyl (C=O) groups excluding carboxylic acids is 1. The average Bonchev–Trinajstić information content (AvgIpc) is 2.78. The summed E-state index contributed by atoms with van der Waals surface area (Å²) in [4.78, 5) is 11.8. The largest absolute Gasteiger partial charge is 0.322 e. The lowest BCUT2D eigenvalue weighted by Gasteiger charge is -2.14. The first-order chi connectivity index (χ1) is 8.69. The maximum atomic E-state index is 12.7. The van der Waals surface area contributed by atoms with Crippen molar-refractivity contribution in [3.05, 3.63) is 35.6 Å². The van der Waals surface area contributed by atoms with Gasteiger partial charge in [-0.15, -0.1) is 0 Å². The summed E-state index contributed by atoms with van der Waals surface area (Å²) in [6.45, 7) is 2.85. The number of benzene rings is 1. The Morgan fingerprint density at radius 1 is 1.44 bits per heavy atom. The Hall–Kier alpha value is -1.54. The first-order valence-corrected chi connectivity index (χ1v) is 5.80. The highest BCUT2D eigenvalue weighted by Crippen LogP contribution is 2.02. The van der Waals surface area contributed by atoms with Gasteiger partial charge in [-0.2, -0.15) is 10.7 Å². The number of carbonyl (C=O) groups is 1. The first-order valence-electron chi connectivity index (χ1n) is 5.80. The van der Waals surface area contributed by atoms with Crippen LogP contribution in [0, 0.1) is 5.82 Å². The molecule has 1 amide bonds. The quantitative estimate of drug-likeness (QED) is 0.612. The van der Waals surface area contributed by atoms with Crippen molar-refractivity contribution >= 4 is 5.91 Å². The van der Waals surface area contributed by atoms with E-state index in [4.69, 9.17) is 0 Å². The molecule has 1 heterocycles. The third-order valence-electron chi connectivity index (χ3n) is 2.46. The lowest BCUT2D eigenvalue weighted by atomic mass is 10.2. The van der Waals surface area contributed by atoms with Crippen LogP contribution >= 0.6 is 0 Å². The zero-order valence-corrected chi connectivity index (χ0v) is 10.0. The van der Waals surface area contributed by atoms with E-state index in [1.165, 1.54) is 24.3 Å². The third-order valence-corrected chi connectivity index (χ3v) is 2.46. The summed E-state index contributed by atoms with van der Waals surface area (Å²) in [5.41, 5.74) is 9.15. The minimum Gasteiger partial charge on any atom is -0.322 e. The minimum absolute atomic E-state index is 0.278. The normalized spacial score (nSPS) is 20.0. The molecular weight excluding hydrogens is 237 g/mol. The van der Waals surface area contributed by atoms with Gasteiger partial charge in [0.25, 0.3) is 5.91 Å². The molecule has 2 rings (SSSR count). The molecule has 18 heavy (non-hydrogen) atoms. The van der Waals surface area contributed by atoms with Crippen LogP contribution in [0.3, 0.4) is 0 Å². The number of amides is 1. The number of nitrogens with one attached hydrogen (secondary N) is 4. The Kier molecular flexibility index (Phi) is 4.21. The second kappa shape index (κ2) is 5.87. The second-order valence-electron chi connectivity index (χ2n) is 3.95. The highest BCUT2D eigenvalue weighted by atomic mass is 19.1. The monoisotopic (exact) mass is 253 g/mol. The predicted molar refractivity (Wildman–Crippen MR) is 64.1 cm³/mol. The van der Waals surface area contributed by atoms with Crippen LogP contribution in [-0.4, -0.2) is 23.9 Å². The van der Waals surface area contributed by atoms with E-state index < -0.39 is 6.29 Å². The molecule has 4 N–H and O–H groups in total. The first kappa shape index (κ1) is 12.9. The molecular formula is C11H16FN5O. The van der Waals surface area contributed by atoms with E-state index in [9.17, 15) is 9.18 Å². The number of rotatable bonds is 4. The van der Waals surface area contributed by atoms with Crippen LogP contribution in [0.4, 0.5) is 4.39 Å². The van der Waals surface area contributed by atoms with Crippen molar-refractivity contribution in [3.8, 4) is 0 Å². The van der Waals surface area contributed by atoms with Crippen molar-refractivity contribution in [1.82, 2.24) is 26.8 Å². The SMILES string of the molecule is CCCN1NNC(NC(=O)c2ccc(F)cc2)N1. The second-order valence-corrected chi connectivity index (χ2v) is 3.95. The van der Waals surface area contributed by atoms with E-state index in [0.717, 1.165) is 13.0 Å². The van der Waals surface area contributed by atoms with E-state index in [1.54, 1.807) is 5.12 Å². The lowest BCUT2D eigenvalue weighted by Crippen LogP contribution is -2.50. The predicted octanol–water partition coefficient (Wildman–Crippen LogP) is 0.0785. The van der Waals surface area contributed by atoms with Gasteiger partial charge < -0.3 is 5.32 Å². The molecule has 0 saturated carbocycles. The minimum atomic E-state index is -0.394. The van der Waals surface area contributed by atoms with Gasteiger partial charge in [0.1, 0.15) is 5.82 Å². The van der Waals surface area contributed by atoms with Crippen LogP contribution < -0.4 is 21.7 Å². The molecule has 0 aliphatic carbocycles. The molecule has 1 aromatic rings. The maximum Gasteiger partial charge on any atom is 0.253 e. The summed E-state index contributed by atoms with van der Waals surface area (Å²) in [6, 6.07) is 5.39. The Morgan fingerprint density at radius 3 is 2.83 bits per heavy atom. The number of hydrogen-bond acceptors (Lipinski definition) is 5. The van der Waals surface area contributed by atoms with E-state index in [0.29, 0.717) is 5.56 Å². The molecule has 98 valence electrons. The summed E-state index contributed by atoms with van der Waals surface area (Å²) in [7, 11) is 0. The fourth-order valence-electron chi connectivity index (χ4n) is 1.59. The molecule has 1 aliphatic heterocycles. The van der Waals surface area contributed by atoms with Crippen molar-refractivity contribution < 1.29 is 9.18 Å². The van der Waals surface area contributed by atoms with Gasteiger partial charge in [-0.05, 0) is 30.7 Å². The van der Waals surface area contributed by atoms with Crippen molar-refractivity contribution in [2.75, 3.05) is 6.54 Å². The van der Waals surface area contributed by atoms with Crippen LogP contribution in [-0.2, 0) is 0 Å². The molecule has 0 bridgehead atoms. The van der Waals surface area contributed by atoms with Gasteiger partial charge in [0.2, 0.25) is 0 Å². The summed E-state index contributed by atoms with van der Waals surface area (Å²) in [6.07, 6.45) is 0.578. The Balaban J connectivity index is 1.87. The summed E-state index contributed by atoms with van der Waals surface area (Å²) in [5.74, 6) is -0.639. The van der Waals surface area contributed by atoms with Crippen LogP contribution in [0.2, 0.25) is 0 Å². The van der Waals surface area contributed by atoms with Crippen LogP contribution in [0.25, 0.3) is 0 Å². The highest BCUT2D eigenvalue weighted by Gasteiger charge is 2.21. The van der Waals surface area contributed by atoms with Crippen molar-refractivity contribution in [1.29, 1.82) is 0 Å². The van der Waals surface area contributed by atoms with E-state index in [-0.39, 0.29) is 11.7 Å². The van der Waals surface area contributed by atoms with E-state index >= 15 is 0 Å². The molecule has 0 spiro atoms. The van der Waals surface area contributed by atoms with E-state index in [1.807, 2.05) is 6.92 Å². The number of nitrogens with zero attached hydrogens (tertiary/aromatic N) is 1. The summed E-state index contributed by atoms with van der Waals surface area (Å²) in [5, 5.41) is 4.46. The number of halogens is 1. The van der Waals surface area contributed by atoms with Gasteiger partial charge in [0.15, 0.2) is 6.29 Å². The van der Waals surface area contributed by atoms with Crippen LogP contribution in [0.5, 0.6) is 0 Å². The zero-order chi connectivity index (χ0) is 13.0. The molecule has 7 heteroatoms. The van der Waals surface area contributed by atoms with Gasteiger partial charge >= 0.3 is 0 Å². The topological polar surface area (TPSA) is 68.4 Å². The van der Waals surface area contributed by atoms with Crippen LogP contribution in [0.15, 0.2) is 24.3 Å². The zero-order valence-electron chi connectivity index (χ0n) is 10.0. The molecule has 0 radical (unpaired) electrons. The third kappa shape index (κ3) is 3.23. The number of hydrazine groups is 3. The fraction of sp³-hybridized carbons (Fsp3) is 0.364. The van der Waals surface area contributed by atoms with E-state index in [2.05, 4.69) is 21.7 Å². The Labute approximate surface area is 104 Å². The van der Waals surface area contributed by atoms with Crippen molar-refractivity contribution in [2.45, 2.75) is 19.6 Å². The summed E-state index contributed by atoms with van der Waals surface area (Å²) >= 11 is 0. The maximum absolute atomic E-state index is 12.7. The molecule has 0 aromatic heterocycles. The standard InChI is InChI=1S/C11H16FN5O/c1-2-7-17-15-11(14-16-17)13-10(18)8-3-5-9(12)6-4-8/h3-6,11,14-16H,2,7H2,1H3,(H,13,18). The lowest BCUT2D eigenvalue weighted by molar-refractivity contribution is 0.0915. The molecule has 1 unspecified atom stereocenters. The average molecular weight is 253 g/mol. The number of hydrogen-bond donors (Lipinski definition) is 4. The van der Waals surface area contributed by atoms with Gasteiger partial charge in [-0.25, -0.2) is 15.2 Å². The van der Waals surface area contributed by atoms with Crippen LogP contribution in [0.1, 0.15) is 23.7 Å². The van der Waals surface area contributed by atoms with Gasteiger partial charge in [0.05, 0.1) is 0 Å². The Morgan fingerprint density at radius 2 is 2.17 bits per heavy atom. The highest BCUT2D eigenvalue weighted by molar-refractivity contribution is 5.94. The molecule has 1 fully saturated rings. The van der Waals surface area contributed by atoms with Crippen molar-refractivity contribution in [3.63, 3.8) is 0 Å². The molecule has 6 nitrogen and oxygen atoms in total. The van der Waals surface area contributed by atoms with Gasteiger partial charge in [-0.3, -0.25) is 4.79 Å². The molecule has 1 saturated heterocycles. The fourth-order valence-corrected chi connectivity index (χ4v) is 1.59. The molecule has 1 aliphatic rings. The smallest absolute Gasteiger partial charge is 0.253 e. The van der Waals surface area contributed by atoms with Gasteiger partial charge in [0, 0.05) is 12.1 Å². The Bertz CT molecular complexity index is 410. The molecule has 1 aromatic carbocycles. The summed E-state index contributed by atoms with van der Waals surface area (Å²) < 4.78 is 12.7.